The molecule has 2 fully saturated rings. The van der Waals surface area contributed by atoms with E-state index in [2.05, 4.69) is 62.1 Å². The number of hydrogen-bond acceptors (Lipinski definition) is 4. The highest BCUT2D eigenvalue weighted by molar-refractivity contribution is 5.84. The summed E-state index contributed by atoms with van der Waals surface area (Å²) in [5.41, 5.74) is 1.49. The van der Waals surface area contributed by atoms with Gasteiger partial charge in [0.1, 0.15) is 5.75 Å². The van der Waals surface area contributed by atoms with E-state index in [1.54, 1.807) is 0 Å². The predicted octanol–water partition coefficient (Wildman–Crippen LogP) is 7.38. The number of piperidine rings is 1. The number of carbonyl (C=O) groups excluding carboxylic acids is 1. The molecule has 0 unspecified atom stereocenters. The summed E-state index contributed by atoms with van der Waals surface area (Å²) in [5.74, 6) is 0.949. The zero-order valence-corrected chi connectivity index (χ0v) is 22.3. The maximum absolute atomic E-state index is 12.3. The van der Waals surface area contributed by atoms with Crippen LogP contribution in [-0.2, 0) is 16.1 Å². The van der Waals surface area contributed by atoms with Gasteiger partial charge in [0.05, 0.1) is 18.6 Å². The Bertz CT molecular complexity index is 933. The lowest BCUT2D eigenvalue weighted by molar-refractivity contribution is -0.156. The van der Waals surface area contributed by atoms with Crippen LogP contribution < -0.4 is 4.74 Å². The normalized spacial score (nSPS) is 20.3. The van der Waals surface area contributed by atoms with E-state index in [9.17, 15) is 4.79 Å². The Morgan fingerprint density at radius 2 is 1.59 bits per heavy atom. The molecular weight excluding hydrogens is 422 g/mol. The minimum atomic E-state index is -0.293. The third-order valence-electron chi connectivity index (χ3n) is 7.98. The molecule has 188 valence electrons. The van der Waals surface area contributed by atoms with Gasteiger partial charge in [-0.25, -0.2) is 0 Å². The molecule has 2 aliphatic rings. The van der Waals surface area contributed by atoms with Crippen LogP contribution in [0.25, 0.3) is 10.8 Å². The van der Waals surface area contributed by atoms with E-state index < -0.39 is 0 Å². The van der Waals surface area contributed by atoms with Crippen molar-refractivity contribution in [2.24, 2.45) is 10.8 Å². The molecule has 0 N–H and O–H groups in total. The molecule has 2 aromatic rings. The second-order valence-electron chi connectivity index (χ2n) is 10.7. The van der Waals surface area contributed by atoms with Gasteiger partial charge in [0.25, 0.3) is 0 Å². The maximum Gasteiger partial charge on any atom is 0.311 e. The highest BCUT2D eigenvalue weighted by Crippen LogP contribution is 2.38. The standard InChI is InChI=1S/C28H39NO3.C2H6/c1-5-28(26(30)31-4)14-16-29(17-15-28)20-21-6-7-23-19-25(9-8-22(23)18-21)32-24-10-12-27(2,3)13-11-24;1-2/h6-9,18-19,24H,5,10-17,20H2,1-4H3;1-2H3. The summed E-state index contributed by atoms with van der Waals surface area (Å²) in [6.45, 7) is 13.6. The first-order valence-electron chi connectivity index (χ1n) is 13.3. The molecule has 1 saturated carbocycles. The Kier molecular flexibility index (Phi) is 9.03. The Hall–Kier alpha value is -2.07. The van der Waals surface area contributed by atoms with Crippen LogP contribution in [0.1, 0.15) is 85.1 Å². The van der Waals surface area contributed by atoms with Gasteiger partial charge in [-0.05, 0) is 98.0 Å². The molecule has 0 radical (unpaired) electrons. The fraction of sp³-hybridized carbons (Fsp3) is 0.633. The number of carbonyl (C=O) groups is 1. The number of nitrogens with zero attached hydrogens (tertiary/aromatic N) is 1. The van der Waals surface area contributed by atoms with Crippen molar-refractivity contribution in [1.29, 1.82) is 0 Å². The van der Waals surface area contributed by atoms with Crippen molar-refractivity contribution in [2.45, 2.75) is 92.2 Å². The van der Waals surface area contributed by atoms with Gasteiger partial charge in [-0.3, -0.25) is 9.69 Å². The number of likely N-dealkylation sites (tertiary alicyclic amines) is 1. The Morgan fingerprint density at radius 3 is 2.21 bits per heavy atom. The summed E-state index contributed by atoms with van der Waals surface area (Å²) in [6, 6.07) is 13.2. The van der Waals surface area contributed by atoms with Crippen molar-refractivity contribution >= 4 is 16.7 Å². The highest BCUT2D eigenvalue weighted by Gasteiger charge is 2.40. The lowest BCUT2D eigenvalue weighted by atomic mass is 9.76. The van der Waals surface area contributed by atoms with Crippen molar-refractivity contribution < 1.29 is 14.3 Å². The molecule has 1 aliphatic heterocycles. The molecule has 0 spiro atoms. The smallest absolute Gasteiger partial charge is 0.311 e. The number of fused-ring (bicyclic) bond motifs is 1. The second-order valence-corrected chi connectivity index (χ2v) is 10.7. The van der Waals surface area contributed by atoms with E-state index in [4.69, 9.17) is 9.47 Å². The van der Waals surface area contributed by atoms with Crippen LogP contribution in [0.2, 0.25) is 0 Å². The molecule has 1 aliphatic carbocycles. The zero-order valence-electron chi connectivity index (χ0n) is 22.3. The van der Waals surface area contributed by atoms with Crippen molar-refractivity contribution in [1.82, 2.24) is 4.90 Å². The molecule has 0 bridgehead atoms. The number of ether oxygens (including phenoxy) is 2. The van der Waals surface area contributed by atoms with Gasteiger partial charge >= 0.3 is 5.97 Å². The number of hydrogen-bond donors (Lipinski definition) is 0. The second kappa shape index (κ2) is 11.6. The Labute approximate surface area is 207 Å². The quantitative estimate of drug-likeness (QED) is 0.416. The third-order valence-corrected chi connectivity index (χ3v) is 7.98. The monoisotopic (exact) mass is 467 g/mol. The first kappa shape index (κ1) is 26.5. The van der Waals surface area contributed by atoms with Crippen LogP contribution in [0.5, 0.6) is 5.75 Å². The average molecular weight is 468 g/mol. The molecular formula is C30H45NO3. The van der Waals surface area contributed by atoms with Gasteiger partial charge in [0.15, 0.2) is 0 Å². The van der Waals surface area contributed by atoms with Crippen LogP contribution in [0.3, 0.4) is 0 Å². The summed E-state index contributed by atoms with van der Waals surface area (Å²) in [5, 5.41) is 2.49. The SMILES string of the molecule is CC.CCC1(C(=O)OC)CCN(Cc2ccc3cc(OC4CCC(C)(C)CC4)ccc3c2)CC1. The molecule has 2 aromatic carbocycles. The molecule has 0 amide bonds. The van der Waals surface area contributed by atoms with Gasteiger partial charge in [0.2, 0.25) is 0 Å². The lowest BCUT2D eigenvalue weighted by Crippen LogP contribution is -2.44. The predicted molar refractivity (Wildman–Crippen MR) is 141 cm³/mol. The van der Waals surface area contributed by atoms with Crippen LogP contribution >= 0.6 is 0 Å². The minimum absolute atomic E-state index is 0.0414. The van der Waals surface area contributed by atoms with Gasteiger partial charge in [-0.15, -0.1) is 0 Å². The van der Waals surface area contributed by atoms with E-state index in [0.29, 0.717) is 11.5 Å². The van der Waals surface area contributed by atoms with Crippen LogP contribution in [0, 0.1) is 10.8 Å². The molecule has 4 nitrogen and oxygen atoms in total. The zero-order chi connectivity index (χ0) is 24.8. The number of benzene rings is 2. The summed E-state index contributed by atoms with van der Waals surface area (Å²) < 4.78 is 11.4. The van der Waals surface area contributed by atoms with Gasteiger partial charge < -0.3 is 9.47 Å². The van der Waals surface area contributed by atoms with Crippen LogP contribution in [0.15, 0.2) is 36.4 Å². The number of esters is 1. The van der Waals surface area contributed by atoms with Crippen molar-refractivity contribution in [3.63, 3.8) is 0 Å². The van der Waals surface area contributed by atoms with Crippen molar-refractivity contribution in [3.8, 4) is 5.75 Å². The van der Waals surface area contributed by atoms with E-state index in [1.165, 1.54) is 36.3 Å². The molecule has 0 aromatic heterocycles. The fourth-order valence-corrected chi connectivity index (χ4v) is 5.44. The van der Waals surface area contributed by atoms with Gasteiger partial charge in [-0.1, -0.05) is 52.8 Å². The minimum Gasteiger partial charge on any atom is -0.490 e. The van der Waals surface area contributed by atoms with E-state index in [0.717, 1.165) is 57.5 Å². The van der Waals surface area contributed by atoms with Crippen LogP contribution in [-0.4, -0.2) is 37.2 Å². The Balaban J connectivity index is 0.00000158. The number of methoxy groups -OCH3 is 1. The van der Waals surface area contributed by atoms with Crippen molar-refractivity contribution in [3.05, 3.63) is 42.0 Å². The molecule has 4 rings (SSSR count). The van der Waals surface area contributed by atoms with E-state index in [1.807, 2.05) is 13.8 Å². The first-order chi connectivity index (χ1) is 16.3. The molecule has 4 heteroatoms. The maximum atomic E-state index is 12.3. The molecule has 34 heavy (non-hydrogen) atoms. The van der Waals surface area contributed by atoms with Gasteiger partial charge in [-0.2, -0.15) is 0 Å². The summed E-state index contributed by atoms with van der Waals surface area (Å²) in [6.07, 6.45) is 7.73. The van der Waals surface area contributed by atoms with Crippen LogP contribution in [0.4, 0.5) is 0 Å². The summed E-state index contributed by atoms with van der Waals surface area (Å²) in [4.78, 5) is 14.7. The third kappa shape index (κ3) is 6.33. The lowest BCUT2D eigenvalue weighted by Gasteiger charge is -2.39. The summed E-state index contributed by atoms with van der Waals surface area (Å²) >= 11 is 0. The van der Waals surface area contributed by atoms with E-state index in [-0.39, 0.29) is 11.4 Å². The largest absolute Gasteiger partial charge is 0.490 e. The molecule has 0 atom stereocenters. The molecule has 1 saturated heterocycles. The van der Waals surface area contributed by atoms with Crippen molar-refractivity contribution in [2.75, 3.05) is 20.2 Å². The summed E-state index contributed by atoms with van der Waals surface area (Å²) in [7, 11) is 1.51. The highest BCUT2D eigenvalue weighted by atomic mass is 16.5. The Morgan fingerprint density at radius 1 is 0.971 bits per heavy atom. The fourth-order valence-electron chi connectivity index (χ4n) is 5.44. The first-order valence-corrected chi connectivity index (χ1v) is 13.3. The molecule has 1 heterocycles. The van der Waals surface area contributed by atoms with Gasteiger partial charge in [0, 0.05) is 6.54 Å². The van der Waals surface area contributed by atoms with E-state index >= 15 is 0 Å². The average Bonchev–Trinajstić information content (AvgIpc) is 2.86. The number of rotatable bonds is 6. The topological polar surface area (TPSA) is 38.8 Å².